The summed E-state index contributed by atoms with van der Waals surface area (Å²) in [5, 5.41) is 19.5. The van der Waals surface area contributed by atoms with Gasteiger partial charge in [0.15, 0.2) is 0 Å². The quantitative estimate of drug-likeness (QED) is 0.663. The highest BCUT2D eigenvalue weighted by molar-refractivity contribution is 5.87. The zero-order valence-corrected chi connectivity index (χ0v) is 12.5. The van der Waals surface area contributed by atoms with Gasteiger partial charge in [0.2, 0.25) is 0 Å². The van der Waals surface area contributed by atoms with Crippen LogP contribution in [0.25, 0.3) is 10.9 Å². The van der Waals surface area contributed by atoms with Crippen molar-refractivity contribution >= 4 is 22.8 Å². The van der Waals surface area contributed by atoms with Crippen molar-refractivity contribution in [3.63, 3.8) is 0 Å². The van der Waals surface area contributed by atoms with Gasteiger partial charge < -0.3 is 19.8 Å². The number of hydrogen-bond acceptors (Lipinski definition) is 3. The number of fused-ring (bicyclic) bond motifs is 1. The first kappa shape index (κ1) is 15.5. The topological polar surface area (TPSA) is 112 Å². The minimum absolute atomic E-state index is 0.0579. The molecule has 0 unspecified atom stereocenters. The number of aromatic nitrogens is 2. The van der Waals surface area contributed by atoms with Gasteiger partial charge in [-0.15, -0.1) is 0 Å². The molecule has 0 radical (unpaired) electrons. The first-order chi connectivity index (χ1) is 11.5. The molecule has 0 bridgehead atoms. The van der Waals surface area contributed by atoms with Crippen molar-refractivity contribution in [2.75, 3.05) is 0 Å². The van der Waals surface area contributed by atoms with E-state index in [9.17, 15) is 19.5 Å². The van der Waals surface area contributed by atoms with Gasteiger partial charge in [-0.3, -0.25) is 4.79 Å². The number of H-pyrrole nitrogens is 1. The van der Waals surface area contributed by atoms with Gasteiger partial charge >= 0.3 is 11.9 Å². The maximum absolute atomic E-state index is 12.0. The Labute approximate surface area is 135 Å². The Morgan fingerprint density at radius 2 is 1.88 bits per heavy atom. The highest BCUT2D eigenvalue weighted by atomic mass is 16.4. The molecule has 0 saturated heterocycles. The van der Waals surface area contributed by atoms with Crippen LogP contribution in [-0.2, 0) is 11.2 Å². The van der Waals surface area contributed by atoms with Gasteiger partial charge in [-0.25, -0.2) is 9.59 Å². The van der Waals surface area contributed by atoms with E-state index in [4.69, 9.17) is 5.11 Å². The average Bonchev–Trinajstić information content (AvgIpc) is 2.96. The molecule has 3 rings (SSSR count). The first-order valence-corrected chi connectivity index (χ1v) is 7.20. The van der Waals surface area contributed by atoms with Crippen LogP contribution in [0.4, 0.5) is 0 Å². The molecule has 2 aromatic heterocycles. The van der Waals surface area contributed by atoms with Crippen LogP contribution >= 0.6 is 0 Å². The first-order valence-electron chi connectivity index (χ1n) is 7.20. The maximum Gasteiger partial charge on any atom is 0.337 e. The fraction of sp³-hybridized carbons (Fsp3) is 0.118. The monoisotopic (exact) mass is 326 g/mol. The smallest absolute Gasteiger partial charge is 0.337 e. The van der Waals surface area contributed by atoms with Crippen molar-refractivity contribution in [1.29, 1.82) is 0 Å². The van der Waals surface area contributed by atoms with Crippen LogP contribution in [0.5, 0.6) is 0 Å². The Bertz CT molecular complexity index is 986. The van der Waals surface area contributed by atoms with Crippen LogP contribution in [0.1, 0.15) is 22.0 Å². The van der Waals surface area contributed by atoms with Gasteiger partial charge in [0, 0.05) is 35.8 Å². The van der Waals surface area contributed by atoms with E-state index in [0.29, 0.717) is 0 Å². The van der Waals surface area contributed by atoms with Crippen LogP contribution in [0.2, 0.25) is 0 Å². The molecule has 2 heterocycles. The number of aromatic carboxylic acids is 1. The molecule has 1 aromatic carbocycles. The molecule has 7 nitrogen and oxygen atoms in total. The number of carbonyl (C=O) groups is 2. The molecule has 0 saturated carbocycles. The summed E-state index contributed by atoms with van der Waals surface area (Å²) in [5.41, 5.74) is 0.904. The molecule has 122 valence electrons. The van der Waals surface area contributed by atoms with Gasteiger partial charge in [0.05, 0.1) is 5.56 Å². The summed E-state index contributed by atoms with van der Waals surface area (Å²) in [6, 6.07) is 8.45. The standard InChI is InChI=1S/C17H14N2O5/c20-15-6-5-10(16(21)22)9-19(15)14(17(23)24)7-11-8-18-13-4-2-1-3-12(11)13/h1-6,8-9,14,18H,7H2,(H,21,22)(H,23,24)/t14-/m0/s1. The van der Waals surface area contributed by atoms with E-state index >= 15 is 0 Å². The zero-order valence-electron chi connectivity index (χ0n) is 12.5. The van der Waals surface area contributed by atoms with Gasteiger partial charge in [0.1, 0.15) is 6.04 Å². The van der Waals surface area contributed by atoms with E-state index < -0.39 is 23.5 Å². The maximum atomic E-state index is 12.0. The summed E-state index contributed by atoms with van der Waals surface area (Å²) in [6.07, 6.45) is 2.83. The number of carboxylic acid groups (broad SMARTS) is 2. The summed E-state index contributed by atoms with van der Waals surface area (Å²) in [5.74, 6) is -2.43. The molecule has 3 aromatic rings. The lowest BCUT2D eigenvalue weighted by Gasteiger charge is -2.15. The second-order valence-corrected chi connectivity index (χ2v) is 5.39. The number of aliphatic carboxylic acids is 1. The Kier molecular flexibility index (Phi) is 3.91. The van der Waals surface area contributed by atoms with Crippen molar-refractivity contribution in [1.82, 2.24) is 9.55 Å². The second kappa shape index (κ2) is 6.04. The third kappa shape index (κ3) is 2.79. The van der Waals surface area contributed by atoms with Crippen LogP contribution in [0, 0.1) is 0 Å². The molecule has 1 atom stereocenters. The second-order valence-electron chi connectivity index (χ2n) is 5.39. The Balaban J connectivity index is 2.05. The predicted octanol–water partition coefficient (Wildman–Crippen LogP) is 1.90. The van der Waals surface area contributed by atoms with E-state index in [2.05, 4.69) is 4.98 Å². The minimum atomic E-state index is -1.22. The number of benzene rings is 1. The molecule has 0 aliphatic carbocycles. The number of rotatable bonds is 5. The number of hydrogen-bond donors (Lipinski definition) is 3. The van der Waals surface area contributed by atoms with Crippen LogP contribution in [0.3, 0.4) is 0 Å². The molecule has 0 amide bonds. The van der Waals surface area contributed by atoms with Crippen molar-refractivity contribution in [3.05, 3.63) is 70.3 Å². The highest BCUT2D eigenvalue weighted by Crippen LogP contribution is 2.22. The lowest BCUT2D eigenvalue weighted by atomic mass is 10.0. The fourth-order valence-electron chi connectivity index (χ4n) is 2.69. The SMILES string of the molecule is O=C(O)c1ccc(=O)n([C@@H](Cc2c[nH]c3ccccc23)C(=O)O)c1. The Hall–Kier alpha value is -3.35. The summed E-state index contributed by atoms with van der Waals surface area (Å²) < 4.78 is 0.952. The number of nitrogens with zero attached hydrogens (tertiary/aromatic N) is 1. The van der Waals surface area contributed by atoms with Crippen molar-refractivity contribution in [2.45, 2.75) is 12.5 Å². The molecule has 0 fully saturated rings. The van der Waals surface area contributed by atoms with E-state index in [0.717, 1.165) is 39.4 Å². The van der Waals surface area contributed by atoms with Crippen LogP contribution < -0.4 is 5.56 Å². The molecular weight excluding hydrogens is 312 g/mol. The summed E-state index contributed by atoms with van der Waals surface area (Å²) in [4.78, 5) is 37.8. The normalized spacial score (nSPS) is 12.2. The summed E-state index contributed by atoms with van der Waals surface area (Å²) >= 11 is 0. The van der Waals surface area contributed by atoms with Gasteiger partial charge in [-0.2, -0.15) is 0 Å². The lowest BCUT2D eigenvalue weighted by Crippen LogP contribution is -2.31. The largest absolute Gasteiger partial charge is 0.480 e. The molecule has 24 heavy (non-hydrogen) atoms. The van der Waals surface area contributed by atoms with E-state index in [1.165, 1.54) is 0 Å². The van der Waals surface area contributed by atoms with Gasteiger partial charge in [0.25, 0.3) is 5.56 Å². The number of pyridine rings is 1. The third-order valence-corrected chi connectivity index (χ3v) is 3.89. The number of nitrogens with one attached hydrogen (secondary N) is 1. The summed E-state index contributed by atoms with van der Waals surface area (Å²) in [7, 11) is 0. The van der Waals surface area contributed by atoms with E-state index in [1.807, 2.05) is 24.3 Å². The van der Waals surface area contributed by atoms with Crippen molar-refractivity contribution in [2.24, 2.45) is 0 Å². The number of carboxylic acids is 2. The number of para-hydroxylation sites is 1. The highest BCUT2D eigenvalue weighted by Gasteiger charge is 2.23. The molecule has 0 spiro atoms. The van der Waals surface area contributed by atoms with Crippen molar-refractivity contribution in [3.8, 4) is 0 Å². The lowest BCUT2D eigenvalue weighted by molar-refractivity contribution is -0.141. The molecule has 3 N–H and O–H groups in total. The van der Waals surface area contributed by atoms with Crippen molar-refractivity contribution < 1.29 is 19.8 Å². The third-order valence-electron chi connectivity index (χ3n) is 3.89. The van der Waals surface area contributed by atoms with Crippen LogP contribution in [0.15, 0.2) is 53.6 Å². The molecule has 0 aliphatic rings. The average molecular weight is 326 g/mol. The van der Waals surface area contributed by atoms with E-state index in [1.54, 1.807) is 6.20 Å². The summed E-state index contributed by atoms with van der Waals surface area (Å²) in [6.45, 7) is 0. The van der Waals surface area contributed by atoms with Gasteiger partial charge in [-0.1, -0.05) is 18.2 Å². The van der Waals surface area contributed by atoms with E-state index in [-0.39, 0.29) is 12.0 Å². The fourth-order valence-corrected chi connectivity index (χ4v) is 2.69. The van der Waals surface area contributed by atoms with Crippen LogP contribution in [-0.4, -0.2) is 31.7 Å². The Morgan fingerprint density at radius 3 is 2.58 bits per heavy atom. The molecular formula is C17H14N2O5. The minimum Gasteiger partial charge on any atom is -0.480 e. The molecule has 0 aliphatic heterocycles. The Morgan fingerprint density at radius 1 is 1.12 bits per heavy atom. The predicted molar refractivity (Wildman–Crippen MR) is 86.3 cm³/mol. The number of aromatic amines is 1. The zero-order chi connectivity index (χ0) is 17.3. The molecule has 7 heteroatoms. The van der Waals surface area contributed by atoms with Gasteiger partial charge in [-0.05, 0) is 17.7 Å².